The Morgan fingerprint density at radius 2 is 1.89 bits per heavy atom. The van der Waals surface area contributed by atoms with Gasteiger partial charge in [0.15, 0.2) is 5.82 Å². The average molecular weight is 281 g/mol. The molecule has 100 valence electrons. The van der Waals surface area contributed by atoms with Crippen LogP contribution in [0, 0.1) is 0 Å². The standard InChI is InChI=1S/C12H13ClN4O2/c1-14-11-15-10(16-12(17-11)19-3)7-4-5-8(13)9(6-7)18-2/h4-6H,1-3H3,(H,14,15,16,17). The fraction of sp³-hybridized carbons (Fsp3) is 0.250. The molecule has 0 saturated heterocycles. The highest BCUT2D eigenvalue weighted by Gasteiger charge is 2.10. The Morgan fingerprint density at radius 1 is 1.11 bits per heavy atom. The molecule has 0 spiro atoms. The third-order valence-electron chi connectivity index (χ3n) is 2.43. The van der Waals surface area contributed by atoms with Crippen LogP contribution in [0.3, 0.4) is 0 Å². The number of halogens is 1. The molecule has 6 nitrogen and oxygen atoms in total. The average Bonchev–Trinajstić information content (AvgIpc) is 2.47. The maximum Gasteiger partial charge on any atom is 0.321 e. The van der Waals surface area contributed by atoms with Crippen LogP contribution in [0.25, 0.3) is 11.4 Å². The van der Waals surface area contributed by atoms with E-state index in [1.807, 2.05) is 0 Å². The van der Waals surface area contributed by atoms with Crippen molar-refractivity contribution in [2.75, 3.05) is 26.6 Å². The molecule has 0 amide bonds. The predicted octanol–water partition coefficient (Wildman–Crippen LogP) is 2.25. The highest BCUT2D eigenvalue weighted by molar-refractivity contribution is 6.32. The summed E-state index contributed by atoms with van der Waals surface area (Å²) in [4.78, 5) is 12.5. The quantitative estimate of drug-likeness (QED) is 0.926. The van der Waals surface area contributed by atoms with Gasteiger partial charge in [0, 0.05) is 12.6 Å². The summed E-state index contributed by atoms with van der Waals surface area (Å²) in [5, 5.41) is 3.38. The summed E-state index contributed by atoms with van der Waals surface area (Å²) in [6, 6.07) is 5.53. The van der Waals surface area contributed by atoms with Crippen molar-refractivity contribution in [2.24, 2.45) is 0 Å². The summed E-state index contributed by atoms with van der Waals surface area (Å²) in [5.74, 6) is 1.46. The van der Waals surface area contributed by atoms with Crippen molar-refractivity contribution in [1.29, 1.82) is 0 Å². The molecule has 2 rings (SSSR count). The van der Waals surface area contributed by atoms with Crippen LogP contribution in [0.1, 0.15) is 0 Å². The van der Waals surface area contributed by atoms with Gasteiger partial charge in [-0.05, 0) is 18.2 Å². The molecule has 0 aliphatic carbocycles. The minimum absolute atomic E-state index is 0.239. The summed E-state index contributed by atoms with van der Waals surface area (Å²) < 4.78 is 10.2. The molecule has 0 bridgehead atoms. The van der Waals surface area contributed by atoms with E-state index in [2.05, 4.69) is 20.3 Å². The van der Waals surface area contributed by atoms with Gasteiger partial charge in [0.25, 0.3) is 0 Å². The van der Waals surface area contributed by atoms with Crippen LogP contribution in [0.2, 0.25) is 5.02 Å². The fourth-order valence-electron chi connectivity index (χ4n) is 1.49. The highest BCUT2D eigenvalue weighted by atomic mass is 35.5. The lowest BCUT2D eigenvalue weighted by atomic mass is 10.2. The largest absolute Gasteiger partial charge is 0.495 e. The first-order valence-corrected chi connectivity index (χ1v) is 5.87. The van der Waals surface area contributed by atoms with Crippen molar-refractivity contribution in [3.05, 3.63) is 23.2 Å². The van der Waals surface area contributed by atoms with Crippen molar-refractivity contribution in [3.8, 4) is 23.1 Å². The molecular formula is C12H13ClN4O2. The molecule has 1 heterocycles. The molecule has 0 saturated carbocycles. The highest BCUT2D eigenvalue weighted by Crippen LogP contribution is 2.29. The van der Waals surface area contributed by atoms with Gasteiger partial charge in [-0.25, -0.2) is 0 Å². The van der Waals surface area contributed by atoms with Gasteiger partial charge in [-0.2, -0.15) is 15.0 Å². The molecule has 0 radical (unpaired) electrons. The number of anilines is 1. The summed E-state index contributed by atoms with van der Waals surface area (Å²) >= 11 is 5.99. The first-order chi connectivity index (χ1) is 9.17. The summed E-state index contributed by atoms with van der Waals surface area (Å²) in [5.41, 5.74) is 0.762. The third-order valence-corrected chi connectivity index (χ3v) is 2.74. The Labute approximate surface area is 115 Å². The van der Waals surface area contributed by atoms with Gasteiger partial charge in [-0.1, -0.05) is 11.6 Å². The number of aromatic nitrogens is 3. The van der Waals surface area contributed by atoms with Crippen LogP contribution in [-0.2, 0) is 0 Å². The number of hydrogen-bond acceptors (Lipinski definition) is 6. The van der Waals surface area contributed by atoms with Crippen LogP contribution < -0.4 is 14.8 Å². The molecule has 7 heteroatoms. The van der Waals surface area contributed by atoms with Crippen molar-refractivity contribution >= 4 is 17.5 Å². The Bertz CT molecular complexity index is 570. The van der Waals surface area contributed by atoms with E-state index in [0.29, 0.717) is 22.5 Å². The number of nitrogens with zero attached hydrogens (tertiary/aromatic N) is 3. The van der Waals surface area contributed by atoms with Crippen LogP contribution in [0.5, 0.6) is 11.8 Å². The Balaban J connectivity index is 2.51. The van der Waals surface area contributed by atoms with Crippen molar-refractivity contribution in [3.63, 3.8) is 0 Å². The minimum Gasteiger partial charge on any atom is -0.495 e. The van der Waals surface area contributed by atoms with Crippen molar-refractivity contribution < 1.29 is 9.47 Å². The molecule has 1 aromatic heterocycles. The van der Waals surface area contributed by atoms with E-state index >= 15 is 0 Å². The number of benzene rings is 1. The van der Waals surface area contributed by atoms with Gasteiger partial charge in [0.05, 0.1) is 19.2 Å². The third kappa shape index (κ3) is 2.85. The SMILES string of the molecule is CNc1nc(OC)nc(-c2ccc(Cl)c(OC)c2)n1. The maximum absolute atomic E-state index is 5.99. The van der Waals surface area contributed by atoms with Gasteiger partial charge in [-0.3, -0.25) is 0 Å². The number of rotatable bonds is 4. The van der Waals surface area contributed by atoms with E-state index in [9.17, 15) is 0 Å². The predicted molar refractivity (Wildman–Crippen MR) is 72.9 cm³/mol. The first-order valence-electron chi connectivity index (χ1n) is 5.49. The van der Waals surface area contributed by atoms with E-state index in [0.717, 1.165) is 5.56 Å². The first kappa shape index (κ1) is 13.4. The van der Waals surface area contributed by atoms with E-state index in [-0.39, 0.29) is 6.01 Å². The molecule has 0 fully saturated rings. The number of ether oxygens (including phenoxy) is 2. The zero-order valence-electron chi connectivity index (χ0n) is 10.8. The molecular weight excluding hydrogens is 268 g/mol. The second-order valence-electron chi connectivity index (χ2n) is 3.57. The molecule has 1 N–H and O–H groups in total. The molecule has 2 aromatic rings. The maximum atomic E-state index is 5.99. The number of methoxy groups -OCH3 is 2. The normalized spacial score (nSPS) is 10.1. The number of nitrogens with one attached hydrogen (secondary N) is 1. The Morgan fingerprint density at radius 3 is 2.53 bits per heavy atom. The molecule has 0 atom stereocenters. The molecule has 0 aliphatic heterocycles. The van der Waals surface area contributed by atoms with Crippen LogP contribution >= 0.6 is 11.6 Å². The zero-order chi connectivity index (χ0) is 13.8. The van der Waals surface area contributed by atoms with Gasteiger partial charge in [-0.15, -0.1) is 0 Å². The minimum atomic E-state index is 0.239. The van der Waals surface area contributed by atoms with Crippen LogP contribution in [0.15, 0.2) is 18.2 Å². The fourth-order valence-corrected chi connectivity index (χ4v) is 1.68. The van der Waals surface area contributed by atoms with Crippen molar-refractivity contribution in [2.45, 2.75) is 0 Å². The van der Waals surface area contributed by atoms with Crippen LogP contribution in [0.4, 0.5) is 5.95 Å². The molecule has 1 aromatic carbocycles. The van der Waals surface area contributed by atoms with Gasteiger partial charge >= 0.3 is 6.01 Å². The smallest absolute Gasteiger partial charge is 0.321 e. The Kier molecular flexibility index (Phi) is 4.01. The zero-order valence-corrected chi connectivity index (χ0v) is 11.5. The molecule has 0 unspecified atom stereocenters. The lowest BCUT2D eigenvalue weighted by molar-refractivity contribution is 0.379. The lowest BCUT2D eigenvalue weighted by Crippen LogP contribution is -2.03. The van der Waals surface area contributed by atoms with Gasteiger partial charge in [0.2, 0.25) is 5.95 Å². The lowest BCUT2D eigenvalue weighted by Gasteiger charge is -2.08. The number of hydrogen-bond donors (Lipinski definition) is 1. The van der Waals surface area contributed by atoms with Gasteiger partial charge in [0.1, 0.15) is 5.75 Å². The van der Waals surface area contributed by atoms with E-state index in [1.54, 1.807) is 32.4 Å². The van der Waals surface area contributed by atoms with Crippen molar-refractivity contribution in [1.82, 2.24) is 15.0 Å². The molecule has 19 heavy (non-hydrogen) atoms. The second-order valence-corrected chi connectivity index (χ2v) is 3.98. The summed E-state index contributed by atoms with van der Waals surface area (Å²) in [6.45, 7) is 0. The summed E-state index contributed by atoms with van der Waals surface area (Å²) in [6.07, 6.45) is 0. The second kappa shape index (κ2) is 5.71. The van der Waals surface area contributed by atoms with E-state index in [4.69, 9.17) is 21.1 Å². The monoisotopic (exact) mass is 280 g/mol. The Hall–Kier alpha value is -2.08. The van der Waals surface area contributed by atoms with Crippen LogP contribution in [-0.4, -0.2) is 36.2 Å². The summed E-state index contributed by atoms with van der Waals surface area (Å²) in [7, 11) is 4.78. The van der Waals surface area contributed by atoms with E-state index < -0.39 is 0 Å². The topological polar surface area (TPSA) is 69.2 Å². The molecule has 0 aliphatic rings. The van der Waals surface area contributed by atoms with Gasteiger partial charge < -0.3 is 14.8 Å². The van der Waals surface area contributed by atoms with E-state index in [1.165, 1.54) is 7.11 Å².